The van der Waals surface area contributed by atoms with Crippen LogP contribution in [0, 0.1) is 10.1 Å². The number of carbonyl (C=O) groups is 1. The molecule has 15 heavy (non-hydrogen) atoms. The van der Waals surface area contributed by atoms with E-state index in [0.29, 0.717) is 0 Å². The van der Waals surface area contributed by atoms with Crippen molar-refractivity contribution in [2.75, 3.05) is 6.26 Å². The van der Waals surface area contributed by atoms with E-state index in [1.54, 1.807) is 13.0 Å². The quantitative estimate of drug-likeness (QED) is 0.342. The van der Waals surface area contributed by atoms with E-state index in [9.17, 15) is 14.9 Å². The normalized spacial score (nSPS) is 10.0. The molecule has 0 saturated heterocycles. The Labute approximate surface area is 91.8 Å². The van der Waals surface area contributed by atoms with Gasteiger partial charge in [-0.2, -0.15) is 0 Å². The monoisotopic (exact) mass is 225 g/mol. The van der Waals surface area contributed by atoms with Crippen molar-refractivity contribution in [1.82, 2.24) is 0 Å². The fourth-order valence-corrected chi connectivity index (χ4v) is 1.65. The average Bonchev–Trinajstić information content (AvgIpc) is 2.27. The predicted molar refractivity (Wildman–Crippen MR) is 59.5 cm³/mol. The Balaban J connectivity index is 3.27. The van der Waals surface area contributed by atoms with Gasteiger partial charge < -0.3 is 0 Å². The summed E-state index contributed by atoms with van der Waals surface area (Å²) < 4.78 is 0. The first-order chi connectivity index (χ1) is 7.10. The molecule has 1 aromatic rings. The van der Waals surface area contributed by atoms with Crippen LogP contribution in [0.15, 0.2) is 23.1 Å². The summed E-state index contributed by atoms with van der Waals surface area (Å²) >= 11 is 1.41. The molecule has 4 nitrogen and oxygen atoms in total. The van der Waals surface area contributed by atoms with Crippen molar-refractivity contribution in [3.63, 3.8) is 0 Å². The molecule has 1 rings (SSSR count). The summed E-state index contributed by atoms with van der Waals surface area (Å²) in [7, 11) is 0. The van der Waals surface area contributed by atoms with Crippen molar-refractivity contribution in [2.24, 2.45) is 0 Å². The van der Waals surface area contributed by atoms with Crippen LogP contribution in [0.5, 0.6) is 0 Å². The van der Waals surface area contributed by atoms with E-state index in [1.807, 2.05) is 6.26 Å². The summed E-state index contributed by atoms with van der Waals surface area (Å²) in [5.41, 5.74) is 0.0917. The molecule has 0 bridgehead atoms. The molecule has 0 heterocycles. The number of hydrogen-bond donors (Lipinski definition) is 0. The van der Waals surface area contributed by atoms with Crippen molar-refractivity contribution >= 4 is 23.2 Å². The number of hydrogen-bond acceptors (Lipinski definition) is 4. The summed E-state index contributed by atoms with van der Waals surface area (Å²) in [6, 6.07) is 4.68. The third-order valence-electron chi connectivity index (χ3n) is 2.02. The van der Waals surface area contributed by atoms with E-state index in [0.717, 1.165) is 4.90 Å². The maximum absolute atomic E-state index is 11.4. The van der Waals surface area contributed by atoms with E-state index < -0.39 is 4.92 Å². The highest BCUT2D eigenvalue weighted by atomic mass is 32.2. The van der Waals surface area contributed by atoms with E-state index in [2.05, 4.69) is 0 Å². The molecule has 0 radical (unpaired) electrons. The van der Waals surface area contributed by atoms with Crippen LogP contribution in [0.1, 0.15) is 23.7 Å². The minimum atomic E-state index is -0.511. The molecule has 80 valence electrons. The lowest BCUT2D eigenvalue weighted by atomic mass is 10.1. The van der Waals surface area contributed by atoms with E-state index in [-0.39, 0.29) is 23.5 Å². The Bertz CT molecular complexity index is 404. The molecule has 0 spiro atoms. The number of nitro groups is 1. The van der Waals surface area contributed by atoms with Gasteiger partial charge in [-0.05, 0) is 18.4 Å². The van der Waals surface area contributed by atoms with Crippen LogP contribution in [0.2, 0.25) is 0 Å². The summed E-state index contributed by atoms with van der Waals surface area (Å²) in [4.78, 5) is 22.5. The third kappa shape index (κ3) is 2.56. The molecular weight excluding hydrogens is 214 g/mol. The van der Waals surface area contributed by atoms with E-state index in [1.165, 1.54) is 23.9 Å². The number of nitro benzene ring substituents is 1. The minimum Gasteiger partial charge on any atom is -0.294 e. The van der Waals surface area contributed by atoms with Gasteiger partial charge in [-0.15, -0.1) is 11.8 Å². The summed E-state index contributed by atoms with van der Waals surface area (Å²) in [5.74, 6) is -0.200. The zero-order valence-electron chi connectivity index (χ0n) is 8.52. The Hall–Kier alpha value is -1.36. The predicted octanol–water partition coefficient (Wildman–Crippen LogP) is 2.91. The minimum absolute atomic E-state index is 0.103. The number of Topliss-reactive ketones (excluding diaryl/α,β-unsaturated/α-hetero) is 1. The molecule has 0 atom stereocenters. The first kappa shape index (κ1) is 11.7. The van der Waals surface area contributed by atoms with Crippen LogP contribution in [-0.4, -0.2) is 17.0 Å². The molecular formula is C10H11NO3S. The molecule has 0 saturated carbocycles. The van der Waals surface area contributed by atoms with Crippen molar-refractivity contribution in [3.8, 4) is 0 Å². The van der Waals surface area contributed by atoms with Gasteiger partial charge in [-0.1, -0.05) is 6.92 Å². The SMILES string of the molecule is CCC(=O)c1ccc(SC)cc1[N+](=O)[O-]. The van der Waals surface area contributed by atoms with Crippen LogP contribution >= 0.6 is 11.8 Å². The number of nitrogens with zero attached hydrogens (tertiary/aromatic N) is 1. The highest BCUT2D eigenvalue weighted by Crippen LogP contribution is 2.26. The third-order valence-corrected chi connectivity index (χ3v) is 2.75. The highest BCUT2D eigenvalue weighted by Gasteiger charge is 2.18. The molecule has 5 heteroatoms. The highest BCUT2D eigenvalue weighted by molar-refractivity contribution is 7.98. The molecule has 0 aliphatic carbocycles. The zero-order chi connectivity index (χ0) is 11.4. The molecule has 0 amide bonds. The molecule has 0 fully saturated rings. The molecule has 1 aromatic carbocycles. The van der Waals surface area contributed by atoms with Crippen molar-refractivity contribution in [1.29, 1.82) is 0 Å². The maximum atomic E-state index is 11.4. The average molecular weight is 225 g/mol. The second kappa shape index (κ2) is 4.93. The van der Waals surface area contributed by atoms with E-state index in [4.69, 9.17) is 0 Å². The lowest BCUT2D eigenvalue weighted by Crippen LogP contribution is -2.02. The van der Waals surface area contributed by atoms with Crippen LogP contribution < -0.4 is 0 Å². The van der Waals surface area contributed by atoms with Gasteiger partial charge in [-0.25, -0.2) is 0 Å². The Kier molecular flexibility index (Phi) is 3.85. The Morgan fingerprint density at radius 1 is 1.53 bits per heavy atom. The van der Waals surface area contributed by atoms with Crippen LogP contribution in [0.4, 0.5) is 5.69 Å². The van der Waals surface area contributed by atoms with Crippen LogP contribution in [-0.2, 0) is 0 Å². The van der Waals surface area contributed by atoms with Gasteiger partial charge in [0, 0.05) is 17.4 Å². The van der Waals surface area contributed by atoms with Gasteiger partial charge in [0.1, 0.15) is 0 Å². The largest absolute Gasteiger partial charge is 0.294 e. The number of ketones is 1. The smallest absolute Gasteiger partial charge is 0.281 e. The first-order valence-corrected chi connectivity index (χ1v) is 5.68. The second-order valence-corrected chi connectivity index (χ2v) is 3.80. The summed E-state index contributed by atoms with van der Waals surface area (Å²) in [6.07, 6.45) is 2.11. The van der Waals surface area contributed by atoms with Crippen LogP contribution in [0.3, 0.4) is 0 Å². The second-order valence-electron chi connectivity index (χ2n) is 2.92. The summed E-state index contributed by atoms with van der Waals surface area (Å²) in [6.45, 7) is 1.69. The fourth-order valence-electron chi connectivity index (χ4n) is 1.22. The van der Waals surface area contributed by atoms with Gasteiger partial charge in [0.2, 0.25) is 0 Å². The fraction of sp³-hybridized carbons (Fsp3) is 0.300. The molecule has 0 N–H and O–H groups in total. The molecule has 0 aliphatic rings. The van der Waals surface area contributed by atoms with Gasteiger partial charge in [-0.3, -0.25) is 14.9 Å². The lowest BCUT2D eigenvalue weighted by Gasteiger charge is -2.02. The molecule has 0 aromatic heterocycles. The summed E-state index contributed by atoms with van der Waals surface area (Å²) in [5, 5.41) is 10.8. The number of rotatable bonds is 4. The van der Waals surface area contributed by atoms with Gasteiger partial charge in [0.15, 0.2) is 5.78 Å². The zero-order valence-corrected chi connectivity index (χ0v) is 9.34. The number of benzene rings is 1. The Morgan fingerprint density at radius 2 is 2.20 bits per heavy atom. The van der Waals surface area contributed by atoms with Crippen molar-refractivity contribution in [3.05, 3.63) is 33.9 Å². The van der Waals surface area contributed by atoms with Crippen molar-refractivity contribution in [2.45, 2.75) is 18.2 Å². The van der Waals surface area contributed by atoms with Gasteiger partial charge in [0.25, 0.3) is 5.69 Å². The molecule has 0 aliphatic heterocycles. The lowest BCUT2D eigenvalue weighted by molar-refractivity contribution is -0.385. The first-order valence-electron chi connectivity index (χ1n) is 4.45. The molecule has 0 unspecified atom stereocenters. The van der Waals surface area contributed by atoms with Gasteiger partial charge in [0.05, 0.1) is 10.5 Å². The van der Waals surface area contributed by atoms with E-state index >= 15 is 0 Å². The maximum Gasteiger partial charge on any atom is 0.281 e. The van der Waals surface area contributed by atoms with Crippen LogP contribution in [0.25, 0.3) is 0 Å². The standard InChI is InChI=1S/C10H11NO3S/c1-3-10(12)8-5-4-7(15-2)6-9(8)11(13)14/h4-6H,3H2,1-2H3. The van der Waals surface area contributed by atoms with Gasteiger partial charge >= 0.3 is 0 Å². The number of carbonyl (C=O) groups excluding carboxylic acids is 1. The topological polar surface area (TPSA) is 60.2 Å². The van der Waals surface area contributed by atoms with Crippen molar-refractivity contribution < 1.29 is 9.72 Å². The number of thioether (sulfide) groups is 1. The Morgan fingerprint density at radius 3 is 2.67 bits per heavy atom.